The largest absolute Gasteiger partial charge is 0.306 e. The van der Waals surface area contributed by atoms with Gasteiger partial charge in [-0.2, -0.15) is 5.10 Å². The maximum atomic E-state index is 13.1. The van der Waals surface area contributed by atoms with E-state index in [-0.39, 0.29) is 12.2 Å². The smallest absolute Gasteiger partial charge is 0.185 e. The van der Waals surface area contributed by atoms with Crippen LogP contribution >= 0.6 is 11.3 Å². The quantitative estimate of drug-likeness (QED) is 0.395. The summed E-state index contributed by atoms with van der Waals surface area (Å²) in [5.74, 6) is 0.0112. The van der Waals surface area contributed by atoms with Crippen molar-refractivity contribution in [3.8, 4) is 21.8 Å². The molecule has 0 aliphatic carbocycles. The Labute approximate surface area is 177 Å². The molecule has 0 fully saturated rings. The molecule has 6 nitrogen and oxygen atoms in total. The van der Waals surface area contributed by atoms with Crippen LogP contribution in [0.25, 0.3) is 27.5 Å². The monoisotopic (exact) mass is 413 g/mol. The molecule has 0 aliphatic rings. The van der Waals surface area contributed by atoms with Crippen molar-refractivity contribution in [3.05, 3.63) is 83.4 Å². The number of thiazole rings is 1. The van der Waals surface area contributed by atoms with Crippen molar-refractivity contribution in [1.29, 1.82) is 0 Å². The first-order valence-corrected chi connectivity index (χ1v) is 10.5. The Morgan fingerprint density at radius 2 is 1.97 bits per heavy atom. The van der Waals surface area contributed by atoms with Crippen LogP contribution in [-0.4, -0.2) is 29.9 Å². The number of imidazole rings is 1. The van der Waals surface area contributed by atoms with E-state index >= 15 is 0 Å². The Bertz CT molecular complexity index is 1360. The number of rotatable bonds is 5. The van der Waals surface area contributed by atoms with Crippen LogP contribution in [0.1, 0.15) is 21.7 Å². The minimum atomic E-state index is 0.0112. The Hall–Kier alpha value is -3.58. The van der Waals surface area contributed by atoms with E-state index in [9.17, 15) is 4.79 Å². The van der Waals surface area contributed by atoms with E-state index in [4.69, 9.17) is 4.98 Å². The SMILES string of the molecule is Cc1csc(-c2cnn(C)c2C(=O)Cc2ccn3cc(-c4ccccc4)nc3c2)n1. The number of fused-ring (bicyclic) bond motifs is 1. The summed E-state index contributed by atoms with van der Waals surface area (Å²) >= 11 is 1.53. The van der Waals surface area contributed by atoms with Gasteiger partial charge in [0.15, 0.2) is 5.78 Å². The molecule has 0 spiro atoms. The summed E-state index contributed by atoms with van der Waals surface area (Å²) in [6.45, 7) is 1.95. The highest BCUT2D eigenvalue weighted by atomic mass is 32.1. The number of pyridine rings is 1. The molecule has 148 valence electrons. The second-order valence-corrected chi connectivity index (χ2v) is 8.08. The molecular weight excluding hydrogens is 394 g/mol. The molecule has 0 N–H and O–H groups in total. The lowest BCUT2D eigenvalue weighted by atomic mass is 10.1. The van der Waals surface area contributed by atoms with Gasteiger partial charge in [0.1, 0.15) is 16.3 Å². The molecule has 4 aromatic heterocycles. The number of aryl methyl sites for hydroxylation is 2. The summed E-state index contributed by atoms with van der Waals surface area (Å²) in [7, 11) is 1.79. The summed E-state index contributed by atoms with van der Waals surface area (Å²) in [5, 5.41) is 7.10. The molecule has 1 aromatic carbocycles. The number of Topliss-reactive ketones (excluding diaryl/α,β-unsaturated/α-hetero) is 1. The number of benzene rings is 1. The molecular formula is C23H19N5OS. The third-order valence-electron chi connectivity index (χ3n) is 5.01. The minimum absolute atomic E-state index is 0.0112. The molecule has 0 bridgehead atoms. The van der Waals surface area contributed by atoms with E-state index in [0.717, 1.165) is 38.7 Å². The topological polar surface area (TPSA) is 65.1 Å². The predicted octanol–water partition coefficient (Wildman–Crippen LogP) is 4.59. The number of carbonyl (C=O) groups is 1. The van der Waals surface area contributed by atoms with Crippen molar-refractivity contribution in [3.63, 3.8) is 0 Å². The first kappa shape index (κ1) is 18.4. The normalized spacial score (nSPS) is 11.3. The van der Waals surface area contributed by atoms with E-state index in [1.165, 1.54) is 11.3 Å². The zero-order valence-corrected chi connectivity index (χ0v) is 17.4. The molecule has 30 heavy (non-hydrogen) atoms. The Balaban J connectivity index is 1.45. The number of nitrogens with zero attached hydrogens (tertiary/aromatic N) is 5. The fourth-order valence-corrected chi connectivity index (χ4v) is 4.36. The zero-order chi connectivity index (χ0) is 20.7. The first-order valence-electron chi connectivity index (χ1n) is 9.59. The second-order valence-electron chi connectivity index (χ2n) is 7.22. The molecule has 0 aliphatic heterocycles. The van der Waals surface area contributed by atoms with Crippen molar-refractivity contribution in [2.45, 2.75) is 13.3 Å². The number of aromatic nitrogens is 5. The summed E-state index contributed by atoms with van der Waals surface area (Å²) in [4.78, 5) is 22.4. The maximum absolute atomic E-state index is 13.1. The fraction of sp³-hybridized carbons (Fsp3) is 0.130. The second kappa shape index (κ2) is 7.35. The number of hydrogen-bond donors (Lipinski definition) is 0. The van der Waals surface area contributed by atoms with E-state index < -0.39 is 0 Å². The number of ketones is 1. The molecule has 5 rings (SSSR count). The molecule has 0 amide bonds. The molecule has 0 saturated carbocycles. The van der Waals surface area contributed by atoms with Crippen molar-refractivity contribution < 1.29 is 4.79 Å². The van der Waals surface area contributed by atoms with Crippen LogP contribution in [0.15, 0.2) is 66.4 Å². The van der Waals surface area contributed by atoms with E-state index in [0.29, 0.717) is 5.69 Å². The van der Waals surface area contributed by atoms with Gasteiger partial charge in [-0.1, -0.05) is 30.3 Å². The van der Waals surface area contributed by atoms with E-state index in [2.05, 4.69) is 10.1 Å². The zero-order valence-electron chi connectivity index (χ0n) is 16.6. The van der Waals surface area contributed by atoms with E-state index in [1.807, 2.05) is 71.6 Å². The van der Waals surface area contributed by atoms with Gasteiger partial charge in [-0.3, -0.25) is 9.48 Å². The van der Waals surface area contributed by atoms with Gasteiger partial charge in [0.05, 0.1) is 17.5 Å². The van der Waals surface area contributed by atoms with Gasteiger partial charge in [0.2, 0.25) is 0 Å². The maximum Gasteiger partial charge on any atom is 0.185 e. The van der Waals surface area contributed by atoms with Crippen LogP contribution in [-0.2, 0) is 13.5 Å². The lowest BCUT2D eigenvalue weighted by molar-refractivity contribution is 0.0984. The van der Waals surface area contributed by atoms with Gasteiger partial charge in [-0.25, -0.2) is 9.97 Å². The van der Waals surface area contributed by atoms with E-state index in [1.54, 1.807) is 17.9 Å². The Morgan fingerprint density at radius 3 is 2.73 bits per heavy atom. The summed E-state index contributed by atoms with van der Waals surface area (Å²) < 4.78 is 3.61. The van der Waals surface area contributed by atoms with Gasteiger partial charge in [0.25, 0.3) is 0 Å². The Morgan fingerprint density at radius 1 is 1.13 bits per heavy atom. The highest BCUT2D eigenvalue weighted by Crippen LogP contribution is 2.28. The standard InChI is InChI=1S/C23H19N5OS/c1-15-14-30-23(25-15)18-12-24-27(2)22(18)20(29)10-16-8-9-28-13-19(26-21(28)11-16)17-6-4-3-5-7-17/h3-9,11-14H,10H2,1-2H3. The number of carbonyl (C=O) groups excluding carboxylic acids is 1. The van der Waals surface area contributed by atoms with Crippen molar-refractivity contribution in [1.82, 2.24) is 24.1 Å². The van der Waals surface area contributed by atoms with Crippen molar-refractivity contribution in [2.75, 3.05) is 0 Å². The molecule has 4 heterocycles. The molecule has 0 atom stereocenters. The Kier molecular flexibility index (Phi) is 4.52. The molecule has 5 aromatic rings. The van der Waals surface area contributed by atoms with Gasteiger partial charge >= 0.3 is 0 Å². The van der Waals surface area contributed by atoms with Gasteiger partial charge in [0, 0.05) is 42.5 Å². The van der Waals surface area contributed by atoms with Crippen LogP contribution in [0.2, 0.25) is 0 Å². The molecule has 0 saturated heterocycles. The van der Waals surface area contributed by atoms with Crippen LogP contribution < -0.4 is 0 Å². The molecule has 0 unspecified atom stereocenters. The predicted molar refractivity (Wildman–Crippen MR) is 118 cm³/mol. The van der Waals surface area contributed by atoms with Gasteiger partial charge < -0.3 is 4.40 Å². The summed E-state index contributed by atoms with van der Waals surface area (Å²) in [6, 6.07) is 14.0. The highest BCUT2D eigenvalue weighted by molar-refractivity contribution is 7.13. The minimum Gasteiger partial charge on any atom is -0.306 e. The van der Waals surface area contributed by atoms with Crippen LogP contribution in [0.5, 0.6) is 0 Å². The fourth-order valence-electron chi connectivity index (χ4n) is 3.55. The highest BCUT2D eigenvalue weighted by Gasteiger charge is 2.20. The van der Waals surface area contributed by atoms with Crippen molar-refractivity contribution in [2.24, 2.45) is 7.05 Å². The summed E-state index contributed by atoms with van der Waals surface area (Å²) in [5.41, 5.74) is 6.02. The number of hydrogen-bond acceptors (Lipinski definition) is 5. The third-order valence-corrected chi connectivity index (χ3v) is 6.00. The van der Waals surface area contributed by atoms with Crippen LogP contribution in [0, 0.1) is 6.92 Å². The van der Waals surface area contributed by atoms with Crippen LogP contribution in [0.4, 0.5) is 0 Å². The van der Waals surface area contributed by atoms with Crippen LogP contribution in [0.3, 0.4) is 0 Å². The molecule has 7 heteroatoms. The lowest BCUT2D eigenvalue weighted by Crippen LogP contribution is -2.11. The molecule has 0 radical (unpaired) electrons. The lowest BCUT2D eigenvalue weighted by Gasteiger charge is -2.05. The average molecular weight is 414 g/mol. The average Bonchev–Trinajstić information content (AvgIpc) is 3.46. The van der Waals surface area contributed by atoms with Gasteiger partial charge in [-0.15, -0.1) is 11.3 Å². The third kappa shape index (κ3) is 3.33. The van der Waals surface area contributed by atoms with Gasteiger partial charge in [-0.05, 0) is 24.6 Å². The van der Waals surface area contributed by atoms with Crippen molar-refractivity contribution >= 4 is 22.8 Å². The first-order chi connectivity index (χ1) is 14.6. The summed E-state index contributed by atoms with van der Waals surface area (Å²) in [6.07, 6.45) is 5.95.